The van der Waals surface area contributed by atoms with Crippen molar-refractivity contribution in [3.8, 4) is 11.5 Å². The molecule has 1 saturated heterocycles. The maximum atomic E-state index is 12.7. The number of imide groups is 1. The van der Waals surface area contributed by atoms with Gasteiger partial charge in [-0.2, -0.15) is 5.10 Å². The number of benzene rings is 1. The van der Waals surface area contributed by atoms with Gasteiger partial charge in [0.1, 0.15) is 5.54 Å². The van der Waals surface area contributed by atoms with Crippen LogP contribution in [-0.2, 0) is 4.79 Å². The average molecular weight is 329 g/mol. The Morgan fingerprint density at radius 2 is 2.00 bits per heavy atom. The van der Waals surface area contributed by atoms with Gasteiger partial charge in [-0.25, -0.2) is 4.79 Å². The topological polar surface area (TPSA) is 80.2 Å². The molecule has 2 heterocycles. The van der Waals surface area contributed by atoms with Crippen LogP contribution in [-0.4, -0.2) is 35.5 Å². The van der Waals surface area contributed by atoms with E-state index in [1.54, 1.807) is 18.2 Å². The van der Waals surface area contributed by atoms with Crippen LogP contribution in [0.15, 0.2) is 23.3 Å². The quantitative estimate of drug-likeness (QED) is 0.666. The van der Waals surface area contributed by atoms with Crippen molar-refractivity contribution in [2.75, 3.05) is 6.79 Å². The predicted molar refractivity (Wildman–Crippen MR) is 85.9 cm³/mol. The molecule has 2 aliphatic heterocycles. The van der Waals surface area contributed by atoms with Crippen LogP contribution in [0.1, 0.15) is 38.2 Å². The van der Waals surface area contributed by atoms with Gasteiger partial charge in [-0.1, -0.05) is 6.92 Å². The number of fused-ring (bicyclic) bond motifs is 1. The highest BCUT2D eigenvalue weighted by Crippen LogP contribution is 2.36. The number of carbonyl (C=O) groups excluding carboxylic acids is 2. The number of urea groups is 1. The van der Waals surface area contributed by atoms with E-state index < -0.39 is 11.6 Å². The largest absolute Gasteiger partial charge is 0.454 e. The van der Waals surface area contributed by atoms with Gasteiger partial charge in [0, 0.05) is 0 Å². The molecule has 1 aromatic carbocycles. The molecule has 3 amide bonds. The summed E-state index contributed by atoms with van der Waals surface area (Å²) < 4.78 is 10.6. The summed E-state index contributed by atoms with van der Waals surface area (Å²) in [4.78, 5) is 24.9. The van der Waals surface area contributed by atoms with Gasteiger partial charge in [0.15, 0.2) is 11.5 Å². The Morgan fingerprint density at radius 3 is 2.79 bits per heavy atom. The van der Waals surface area contributed by atoms with Crippen LogP contribution in [0.25, 0.3) is 0 Å². The number of hydrazone groups is 1. The van der Waals surface area contributed by atoms with E-state index in [0.717, 1.165) is 23.4 Å². The van der Waals surface area contributed by atoms with Crippen LogP contribution < -0.4 is 14.8 Å². The molecule has 1 N–H and O–H groups in total. The number of nitrogens with zero attached hydrogens (tertiary/aromatic N) is 2. The second-order valence-corrected chi connectivity index (χ2v) is 6.67. The van der Waals surface area contributed by atoms with Gasteiger partial charge in [-0.3, -0.25) is 4.79 Å². The van der Waals surface area contributed by atoms with Gasteiger partial charge in [-0.05, 0) is 55.4 Å². The Kier molecular flexibility index (Phi) is 3.44. The summed E-state index contributed by atoms with van der Waals surface area (Å²) in [5.41, 5.74) is -0.0337. The van der Waals surface area contributed by atoms with Crippen LogP contribution in [0, 0.1) is 5.92 Å². The molecule has 0 radical (unpaired) electrons. The molecule has 7 heteroatoms. The summed E-state index contributed by atoms with van der Waals surface area (Å²) in [7, 11) is 0. The van der Waals surface area contributed by atoms with Crippen molar-refractivity contribution in [1.29, 1.82) is 0 Å². The van der Waals surface area contributed by atoms with Crippen LogP contribution in [0.2, 0.25) is 0 Å². The molecule has 3 aliphatic rings. The zero-order valence-electron chi connectivity index (χ0n) is 13.4. The molecule has 4 rings (SSSR count). The summed E-state index contributed by atoms with van der Waals surface area (Å²) in [6.07, 6.45) is 4.71. The minimum Gasteiger partial charge on any atom is -0.454 e. The number of ether oxygens (including phenoxy) is 2. The summed E-state index contributed by atoms with van der Waals surface area (Å²) in [6, 6.07) is 4.89. The Hall–Kier alpha value is -2.57. The fraction of sp³-hybridized carbons (Fsp3) is 0.471. The molecule has 1 spiro atoms. The van der Waals surface area contributed by atoms with E-state index in [2.05, 4.69) is 17.3 Å². The van der Waals surface area contributed by atoms with Crippen LogP contribution in [0.5, 0.6) is 11.5 Å². The lowest BCUT2D eigenvalue weighted by atomic mass is 9.77. The molecule has 1 aliphatic carbocycles. The third kappa shape index (κ3) is 2.40. The number of rotatable bonds is 2. The lowest BCUT2D eigenvalue weighted by molar-refractivity contribution is -0.132. The fourth-order valence-electron chi connectivity index (χ4n) is 3.42. The third-order valence-corrected chi connectivity index (χ3v) is 4.99. The fourth-order valence-corrected chi connectivity index (χ4v) is 3.42. The van der Waals surface area contributed by atoms with E-state index in [9.17, 15) is 9.59 Å². The smallest absolute Gasteiger partial charge is 0.346 e. The number of hydrogen-bond acceptors (Lipinski definition) is 5. The molecule has 24 heavy (non-hydrogen) atoms. The third-order valence-electron chi connectivity index (χ3n) is 4.99. The Labute approximate surface area is 139 Å². The van der Waals surface area contributed by atoms with Gasteiger partial charge in [0.05, 0.1) is 6.21 Å². The zero-order valence-corrected chi connectivity index (χ0v) is 13.4. The highest BCUT2D eigenvalue weighted by molar-refractivity contribution is 6.07. The van der Waals surface area contributed by atoms with Gasteiger partial charge >= 0.3 is 6.03 Å². The maximum absolute atomic E-state index is 12.7. The molecule has 126 valence electrons. The Balaban J connectivity index is 1.52. The summed E-state index contributed by atoms with van der Waals surface area (Å²) in [6.45, 7) is 2.37. The van der Waals surface area contributed by atoms with Crippen molar-refractivity contribution in [3.05, 3.63) is 23.8 Å². The minimum absolute atomic E-state index is 0.198. The highest BCUT2D eigenvalue weighted by atomic mass is 16.7. The van der Waals surface area contributed by atoms with E-state index in [1.807, 2.05) is 0 Å². The highest BCUT2D eigenvalue weighted by Gasteiger charge is 2.52. The standard InChI is InChI=1S/C17H19N3O4/c1-11-4-6-17(7-5-11)15(21)20(16(22)19-17)18-9-12-2-3-13-14(8-12)24-10-23-13/h2-3,8-9,11H,4-7,10H2,1H3,(H,19,22). The molecule has 7 nitrogen and oxygen atoms in total. The molecule has 1 saturated carbocycles. The van der Waals surface area contributed by atoms with E-state index >= 15 is 0 Å². The minimum atomic E-state index is -0.768. The summed E-state index contributed by atoms with van der Waals surface area (Å²) in [5, 5.41) is 7.89. The first-order chi connectivity index (χ1) is 11.6. The van der Waals surface area contributed by atoms with Crippen molar-refractivity contribution in [2.45, 2.75) is 38.1 Å². The zero-order chi connectivity index (χ0) is 16.7. The van der Waals surface area contributed by atoms with Gasteiger partial charge < -0.3 is 14.8 Å². The number of nitrogens with one attached hydrogen (secondary N) is 1. The first-order valence-electron chi connectivity index (χ1n) is 8.18. The number of carbonyl (C=O) groups is 2. The van der Waals surface area contributed by atoms with Crippen molar-refractivity contribution >= 4 is 18.2 Å². The Morgan fingerprint density at radius 1 is 1.25 bits per heavy atom. The SMILES string of the molecule is CC1CCC2(CC1)NC(=O)N(N=Cc1ccc3c(c1)OCO3)C2=O. The molecule has 1 aromatic rings. The van der Waals surface area contributed by atoms with Crippen molar-refractivity contribution in [3.63, 3.8) is 0 Å². The molecular weight excluding hydrogens is 310 g/mol. The normalized spacial score (nSPS) is 28.9. The number of amides is 3. The lowest BCUT2D eigenvalue weighted by Gasteiger charge is -2.33. The summed E-state index contributed by atoms with van der Waals surface area (Å²) in [5.74, 6) is 1.65. The molecule has 0 bridgehead atoms. The average Bonchev–Trinajstić information content (AvgIpc) is 3.12. The van der Waals surface area contributed by atoms with Crippen molar-refractivity contribution in [1.82, 2.24) is 10.3 Å². The molecule has 0 unspecified atom stereocenters. The van der Waals surface area contributed by atoms with Crippen LogP contribution in [0.3, 0.4) is 0 Å². The van der Waals surface area contributed by atoms with Crippen LogP contribution in [0.4, 0.5) is 4.79 Å². The van der Waals surface area contributed by atoms with E-state index in [0.29, 0.717) is 30.3 Å². The molecule has 0 aromatic heterocycles. The van der Waals surface area contributed by atoms with E-state index in [4.69, 9.17) is 9.47 Å². The summed E-state index contributed by atoms with van der Waals surface area (Å²) >= 11 is 0. The monoisotopic (exact) mass is 329 g/mol. The second kappa shape index (κ2) is 5.51. The Bertz CT molecular complexity index is 723. The van der Waals surface area contributed by atoms with Gasteiger partial charge in [-0.15, -0.1) is 5.01 Å². The van der Waals surface area contributed by atoms with E-state index in [1.165, 1.54) is 6.21 Å². The molecular formula is C17H19N3O4. The van der Waals surface area contributed by atoms with Gasteiger partial charge in [0.25, 0.3) is 5.91 Å². The molecule has 0 atom stereocenters. The maximum Gasteiger partial charge on any atom is 0.346 e. The first kappa shape index (κ1) is 15.0. The van der Waals surface area contributed by atoms with E-state index in [-0.39, 0.29) is 12.7 Å². The predicted octanol–water partition coefficient (Wildman–Crippen LogP) is 2.25. The number of hydrogen-bond donors (Lipinski definition) is 1. The molecule has 2 fully saturated rings. The second-order valence-electron chi connectivity index (χ2n) is 6.67. The lowest BCUT2D eigenvalue weighted by Crippen LogP contribution is -2.49. The van der Waals surface area contributed by atoms with Gasteiger partial charge in [0.2, 0.25) is 6.79 Å². The van der Waals surface area contributed by atoms with Crippen molar-refractivity contribution < 1.29 is 19.1 Å². The first-order valence-corrected chi connectivity index (χ1v) is 8.18. The van der Waals surface area contributed by atoms with Crippen molar-refractivity contribution in [2.24, 2.45) is 11.0 Å². The van der Waals surface area contributed by atoms with Crippen LogP contribution >= 0.6 is 0 Å².